The van der Waals surface area contributed by atoms with Crippen LogP contribution in [0.4, 0.5) is 0 Å². The van der Waals surface area contributed by atoms with E-state index >= 15 is 0 Å². The van der Waals surface area contributed by atoms with Gasteiger partial charge in [0.25, 0.3) is 0 Å². The summed E-state index contributed by atoms with van der Waals surface area (Å²) in [6.45, 7) is 3.39. The molecule has 0 spiro atoms. The molecule has 23 heavy (non-hydrogen) atoms. The minimum absolute atomic E-state index is 0.114. The SMILES string of the molecule is CCOC(=O)[C@]12C[C@H](COC(C)=O)[C@H]1c1ccccc1OC2=O. The van der Waals surface area contributed by atoms with E-state index < -0.39 is 23.3 Å². The van der Waals surface area contributed by atoms with Crippen LogP contribution in [0.1, 0.15) is 31.7 Å². The summed E-state index contributed by atoms with van der Waals surface area (Å²) in [5, 5.41) is 0. The first-order valence-corrected chi connectivity index (χ1v) is 7.62. The van der Waals surface area contributed by atoms with Crippen molar-refractivity contribution in [1.29, 1.82) is 0 Å². The number of carbonyl (C=O) groups excluding carboxylic acids is 3. The molecule has 6 nitrogen and oxygen atoms in total. The van der Waals surface area contributed by atoms with Gasteiger partial charge in [0.15, 0.2) is 5.41 Å². The van der Waals surface area contributed by atoms with Crippen molar-refractivity contribution in [3.63, 3.8) is 0 Å². The number of benzene rings is 1. The summed E-state index contributed by atoms with van der Waals surface area (Å²) < 4.78 is 15.6. The molecular formula is C17H18O6. The summed E-state index contributed by atoms with van der Waals surface area (Å²) in [5.41, 5.74) is -0.543. The molecule has 3 rings (SSSR count). The molecule has 0 bridgehead atoms. The van der Waals surface area contributed by atoms with Crippen molar-refractivity contribution < 1.29 is 28.6 Å². The lowest BCUT2D eigenvalue weighted by molar-refractivity contribution is -0.187. The van der Waals surface area contributed by atoms with Gasteiger partial charge < -0.3 is 14.2 Å². The van der Waals surface area contributed by atoms with E-state index in [1.165, 1.54) is 6.92 Å². The van der Waals surface area contributed by atoms with Crippen molar-refractivity contribution in [3.8, 4) is 5.75 Å². The molecule has 1 aromatic rings. The third-order valence-electron chi connectivity index (χ3n) is 4.55. The first-order chi connectivity index (χ1) is 11.0. The lowest BCUT2D eigenvalue weighted by atomic mass is 9.50. The number of fused-ring (bicyclic) bond motifs is 3. The topological polar surface area (TPSA) is 78.9 Å². The van der Waals surface area contributed by atoms with E-state index in [2.05, 4.69) is 0 Å². The minimum atomic E-state index is -1.32. The van der Waals surface area contributed by atoms with Crippen LogP contribution in [0.2, 0.25) is 0 Å². The molecule has 3 atom stereocenters. The first-order valence-electron chi connectivity index (χ1n) is 7.62. The Labute approximate surface area is 133 Å². The highest BCUT2D eigenvalue weighted by molar-refractivity contribution is 6.05. The molecule has 1 aromatic carbocycles. The lowest BCUT2D eigenvalue weighted by Crippen LogP contribution is -2.61. The second-order valence-corrected chi connectivity index (χ2v) is 5.86. The Hall–Kier alpha value is -2.37. The summed E-state index contributed by atoms with van der Waals surface area (Å²) in [6, 6.07) is 7.13. The Morgan fingerprint density at radius 1 is 1.30 bits per heavy atom. The van der Waals surface area contributed by atoms with E-state index in [0.717, 1.165) is 5.56 Å². The Kier molecular flexibility index (Phi) is 3.83. The van der Waals surface area contributed by atoms with Crippen LogP contribution in [-0.2, 0) is 23.9 Å². The second-order valence-electron chi connectivity index (χ2n) is 5.86. The van der Waals surface area contributed by atoms with Gasteiger partial charge in [-0.2, -0.15) is 0 Å². The van der Waals surface area contributed by atoms with Gasteiger partial charge in [-0.3, -0.25) is 14.4 Å². The maximum Gasteiger partial charge on any atom is 0.329 e. The van der Waals surface area contributed by atoms with Gasteiger partial charge in [0.2, 0.25) is 0 Å². The van der Waals surface area contributed by atoms with E-state index in [-0.39, 0.29) is 31.5 Å². The predicted molar refractivity (Wildman–Crippen MR) is 78.6 cm³/mol. The molecule has 2 aliphatic rings. The normalized spacial score (nSPS) is 27.8. The van der Waals surface area contributed by atoms with Gasteiger partial charge in [0.05, 0.1) is 13.2 Å². The fourth-order valence-corrected chi connectivity index (χ4v) is 3.58. The van der Waals surface area contributed by atoms with Crippen molar-refractivity contribution in [3.05, 3.63) is 29.8 Å². The third kappa shape index (κ3) is 2.29. The Morgan fingerprint density at radius 3 is 2.74 bits per heavy atom. The standard InChI is InChI=1S/C17H18O6/c1-3-21-15(19)17-8-11(9-22-10(2)18)14(17)12-6-4-5-7-13(12)23-16(17)20/h4-7,11,14H,3,8-9H2,1-2H3/t11-,14+,17+/m1/s1. The maximum atomic E-state index is 12.5. The van der Waals surface area contributed by atoms with Crippen LogP contribution in [0, 0.1) is 11.3 Å². The van der Waals surface area contributed by atoms with E-state index in [1.54, 1.807) is 19.1 Å². The number of carbonyl (C=O) groups is 3. The number of hydrogen-bond acceptors (Lipinski definition) is 6. The molecule has 1 aliphatic heterocycles. The average molecular weight is 318 g/mol. The summed E-state index contributed by atoms with van der Waals surface area (Å²) in [4.78, 5) is 36.0. The van der Waals surface area contributed by atoms with E-state index in [1.807, 2.05) is 12.1 Å². The molecule has 1 aliphatic carbocycles. The molecule has 0 unspecified atom stereocenters. The predicted octanol–water partition coefficient (Wildman–Crippen LogP) is 1.82. The summed E-state index contributed by atoms with van der Waals surface area (Å²) in [5.74, 6) is -1.58. The molecule has 122 valence electrons. The maximum absolute atomic E-state index is 12.5. The molecular weight excluding hydrogens is 300 g/mol. The summed E-state index contributed by atoms with van der Waals surface area (Å²) >= 11 is 0. The van der Waals surface area contributed by atoms with Crippen LogP contribution in [0.5, 0.6) is 5.75 Å². The van der Waals surface area contributed by atoms with Gasteiger partial charge in [0.1, 0.15) is 5.75 Å². The molecule has 6 heteroatoms. The second kappa shape index (κ2) is 5.68. The minimum Gasteiger partial charge on any atom is -0.466 e. The highest BCUT2D eigenvalue weighted by Crippen LogP contribution is 2.62. The molecule has 1 fully saturated rings. The molecule has 0 saturated heterocycles. The molecule has 0 aromatic heterocycles. The van der Waals surface area contributed by atoms with Crippen molar-refractivity contribution in [2.75, 3.05) is 13.2 Å². The molecule has 0 N–H and O–H groups in total. The van der Waals surface area contributed by atoms with Gasteiger partial charge in [-0.25, -0.2) is 0 Å². The van der Waals surface area contributed by atoms with Crippen molar-refractivity contribution in [2.24, 2.45) is 11.3 Å². The number of esters is 3. The molecule has 0 radical (unpaired) electrons. The number of rotatable bonds is 4. The zero-order valence-electron chi connectivity index (χ0n) is 13.0. The van der Waals surface area contributed by atoms with Crippen LogP contribution in [0.25, 0.3) is 0 Å². The summed E-state index contributed by atoms with van der Waals surface area (Å²) in [7, 11) is 0. The van der Waals surface area contributed by atoms with Crippen molar-refractivity contribution >= 4 is 17.9 Å². The molecule has 1 heterocycles. The zero-order chi connectivity index (χ0) is 16.6. The fraction of sp³-hybridized carbons (Fsp3) is 0.471. The van der Waals surface area contributed by atoms with Gasteiger partial charge in [0, 0.05) is 24.3 Å². The van der Waals surface area contributed by atoms with Gasteiger partial charge in [-0.1, -0.05) is 18.2 Å². The zero-order valence-corrected chi connectivity index (χ0v) is 13.0. The Morgan fingerprint density at radius 2 is 2.04 bits per heavy atom. The lowest BCUT2D eigenvalue weighted by Gasteiger charge is -2.53. The van der Waals surface area contributed by atoms with Gasteiger partial charge >= 0.3 is 17.9 Å². The number of para-hydroxylation sites is 1. The van der Waals surface area contributed by atoms with Gasteiger partial charge in [-0.15, -0.1) is 0 Å². The highest BCUT2D eigenvalue weighted by atomic mass is 16.6. The monoisotopic (exact) mass is 318 g/mol. The van der Waals surface area contributed by atoms with Crippen LogP contribution in [0.3, 0.4) is 0 Å². The smallest absolute Gasteiger partial charge is 0.329 e. The third-order valence-corrected chi connectivity index (χ3v) is 4.55. The van der Waals surface area contributed by atoms with Crippen molar-refractivity contribution in [2.45, 2.75) is 26.2 Å². The van der Waals surface area contributed by atoms with Crippen LogP contribution >= 0.6 is 0 Å². The molecule has 1 saturated carbocycles. The quantitative estimate of drug-likeness (QED) is 0.479. The fourth-order valence-electron chi connectivity index (χ4n) is 3.58. The van der Waals surface area contributed by atoms with Crippen LogP contribution in [0.15, 0.2) is 24.3 Å². The highest BCUT2D eigenvalue weighted by Gasteiger charge is 2.68. The number of hydrogen-bond donors (Lipinski definition) is 0. The largest absolute Gasteiger partial charge is 0.466 e. The van der Waals surface area contributed by atoms with E-state index in [9.17, 15) is 14.4 Å². The van der Waals surface area contributed by atoms with Crippen molar-refractivity contribution in [1.82, 2.24) is 0 Å². The number of ether oxygens (including phenoxy) is 3. The Balaban J connectivity index is 1.98. The van der Waals surface area contributed by atoms with Crippen LogP contribution < -0.4 is 4.74 Å². The van der Waals surface area contributed by atoms with E-state index in [0.29, 0.717) is 5.75 Å². The first kappa shape index (κ1) is 15.5. The van der Waals surface area contributed by atoms with Gasteiger partial charge in [-0.05, 0) is 19.4 Å². The average Bonchev–Trinajstić information content (AvgIpc) is 2.47. The Bertz CT molecular complexity index is 667. The van der Waals surface area contributed by atoms with E-state index in [4.69, 9.17) is 14.2 Å². The molecule has 0 amide bonds. The van der Waals surface area contributed by atoms with Crippen LogP contribution in [-0.4, -0.2) is 31.1 Å². The summed E-state index contributed by atoms with van der Waals surface area (Å²) in [6.07, 6.45) is 0.261.